The van der Waals surface area contributed by atoms with Gasteiger partial charge in [0.05, 0.1) is 26.1 Å². The molecule has 1 atom stereocenters. The van der Waals surface area contributed by atoms with Gasteiger partial charge >= 0.3 is 0 Å². The zero-order valence-corrected chi connectivity index (χ0v) is 11.6. The second-order valence-electron chi connectivity index (χ2n) is 4.96. The van der Waals surface area contributed by atoms with Crippen LogP contribution in [0, 0.1) is 5.92 Å². The van der Waals surface area contributed by atoms with Gasteiger partial charge in [-0.1, -0.05) is 12.1 Å². The van der Waals surface area contributed by atoms with Crippen LogP contribution in [0.25, 0.3) is 5.69 Å². The van der Waals surface area contributed by atoms with E-state index in [1.54, 1.807) is 18.0 Å². The van der Waals surface area contributed by atoms with Crippen molar-refractivity contribution in [2.75, 3.05) is 26.8 Å². The van der Waals surface area contributed by atoms with Crippen LogP contribution in [0.1, 0.15) is 6.42 Å². The Morgan fingerprint density at radius 3 is 3.10 bits per heavy atom. The van der Waals surface area contributed by atoms with Crippen LogP contribution in [0.5, 0.6) is 11.5 Å². The molecule has 1 aliphatic heterocycles. The number of ether oxygens (including phenoxy) is 2. The van der Waals surface area contributed by atoms with E-state index in [0.29, 0.717) is 5.92 Å². The molecular formula is C15H19N3O2. The number of rotatable bonds is 5. The number of nitrogens with zero attached hydrogens (tertiary/aromatic N) is 2. The van der Waals surface area contributed by atoms with E-state index >= 15 is 0 Å². The molecule has 3 rings (SSSR count). The maximum Gasteiger partial charge on any atom is 0.157 e. The third-order valence-corrected chi connectivity index (χ3v) is 3.54. The van der Waals surface area contributed by atoms with Gasteiger partial charge in [0.15, 0.2) is 5.75 Å². The fourth-order valence-corrected chi connectivity index (χ4v) is 2.40. The SMILES string of the molecule is COc1ccccc1-n1cc(OCC2CCNC2)cn1. The van der Waals surface area contributed by atoms with Gasteiger partial charge in [0, 0.05) is 12.5 Å². The largest absolute Gasteiger partial charge is 0.494 e. The van der Waals surface area contributed by atoms with Crippen LogP contribution in [-0.4, -0.2) is 36.6 Å². The van der Waals surface area contributed by atoms with E-state index in [1.807, 2.05) is 30.5 Å². The zero-order chi connectivity index (χ0) is 13.8. The van der Waals surface area contributed by atoms with Gasteiger partial charge in [-0.3, -0.25) is 0 Å². The molecule has 5 nitrogen and oxygen atoms in total. The number of methoxy groups -OCH3 is 1. The molecule has 0 spiro atoms. The molecule has 1 N–H and O–H groups in total. The molecule has 1 saturated heterocycles. The number of nitrogens with one attached hydrogen (secondary N) is 1. The molecule has 0 radical (unpaired) electrons. The second kappa shape index (κ2) is 5.96. The molecule has 1 aromatic carbocycles. The summed E-state index contributed by atoms with van der Waals surface area (Å²) < 4.78 is 12.9. The van der Waals surface area contributed by atoms with Gasteiger partial charge in [0.25, 0.3) is 0 Å². The second-order valence-corrected chi connectivity index (χ2v) is 4.96. The lowest BCUT2D eigenvalue weighted by molar-refractivity contribution is 0.260. The average Bonchev–Trinajstić information content (AvgIpc) is 3.16. The summed E-state index contributed by atoms with van der Waals surface area (Å²) in [5.74, 6) is 2.19. The lowest BCUT2D eigenvalue weighted by atomic mass is 10.1. The standard InChI is InChI=1S/C15H19N3O2/c1-19-15-5-3-2-4-14(15)18-10-13(9-17-18)20-11-12-6-7-16-8-12/h2-5,9-10,12,16H,6-8,11H2,1H3. The minimum absolute atomic E-state index is 0.601. The van der Waals surface area contributed by atoms with E-state index < -0.39 is 0 Å². The Balaban J connectivity index is 1.69. The summed E-state index contributed by atoms with van der Waals surface area (Å²) in [6, 6.07) is 7.79. The Morgan fingerprint density at radius 2 is 2.30 bits per heavy atom. The first-order valence-electron chi connectivity index (χ1n) is 6.88. The predicted octanol–water partition coefficient (Wildman–Crippen LogP) is 1.87. The molecule has 20 heavy (non-hydrogen) atoms. The lowest BCUT2D eigenvalue weighted by Crippen LogP contribution is -2.15. The van der Waals surface area contributed by atoms with Crippen LogP contribution < -0.4 is 14.8 Å². The first-order chi connectivity index (χ1) is 9.86. The highest BCUT2D eigenvalue weighted by Gasteiger charge is 2.15. The first-order valence-corrected chi connectivity index (χ1v) is 6.88. The summed E-state index contributed by atoms with van der Waals surface area (Å²) in [6.07, 6.45) is 4.82. The Morgan fingerprint density at radius 1 is 1.40 bits per heavy atom. The molecule has 0 saturated carbocycles. The Hall–Kier alpha value is -2.01. The van der Waals surface area contributed by atoms with Crippen molar-refractivity contribution in [2.24, 2.45) is 5.92 Å². The van der Waals surface area contributed by atoms with Crippen molar-refractivity contribution in [1.82, 2.24) is 15.1 Å². The number of para-hydroxylation sites is 2. The van der Waals surface area contributed by atoms with E-state index in [1.165, 1.54) is 6.42 Å². The summed E-state index contributed by atoms with van der Waals surface area (Å²) in [4.78, 5) is 0. The zero-order valence-electron chi connectivity index (χ0n) is 11.6. The Bertz CT molecular complexity index is 562. The highest BCUT2D eigenvalue weighted by Crippen LogP contribution is 2.23. The lowest BCUT2D eigenvalue weighted by Gasteiger charge is -2.09. The molecule has 2 aromatic rings. The third kappa shape index (κ3) is 2.77. The van der Waals surface area contributed by atoms with E-state index in [9.17, 15) is 0 Å². The molecule has 1 aromatic heterocycles. The van der Waals surface area contributed by atoms with Gasteiger partial charge in [0.2, 0.25) is 0 Å². The molecule has 0 aliphatic carbocycles. The van der Waals surface area contributed by atoms with Crippen LogP contribution in [0.2, 0.25) is 0 Å². The van der Waals surface area contributed by atoms with E-state index in [0.717, 1.165) is 36.9 Å². The van der Waals surface area contributed by atoms with Crippen molar-refractivity contribution >= 4 is 0 Å². The summed E-state index contributed by atoms with van der Waals surface area (Å²) in [5.41, 5.74) is 0.910. The maximum atomic E-state index is 5.80. The van der Waals surface area contributed by atoms with Crippen LogP contribution >= 0.6 is 0 Å². The molecule has 106 valence electrons. The minimum atomic E-state index is 0.601. The molecule has 5 heteroatoms. The fraction of sp³-hybridized carbons (Fsp3) is 0.400. The first kappa shape index (κ1) is 13.0. The van der Waals surface area contributed by atoms with E-state index in [-0.39, 0.29) is 0 Å². The van der Waals surface area contributed by atoms with Crippen LogP contribution in [-0.2, 0) is 0 Å². The number of hydrogen-bond donors (Lipinski definition) is 1. The van der Waals surface area contributed by atoms with Crippen molar-refractivity contribution in [3.63, 3.8) is 0 Å². The van der Waals surface area contributed by atoms with Gasteiger partial charge < -0.3 is 14.8 Å². The van der Waals surface area contributed by atoms with Gasteiger partial charge in [0.1, 0.15) is 11.4 Å². The monoisotopic (exact) mass is 273 g/mol. The summed E-state index contributed by atoms with van der Waals surface area (Å²) in [5, 5.41) is 7.67. The maximum absolute atomic E-state index is 5.80. The summed E-state index contributed by atoms with van der Waals surface area (Å²) in [6.45, 7) is 2.87. The predicted molar refractivity (Wildman–Crippen MR) is 76.6 cm³/mol. The van der Waals surface area contributed by atoms with Gasteiger partial charge in [-0.25, -0.2) is 4.68 Å². The van der Waals surface area contributed by atoms with Gasteiger partial charge in [-0.05, 0) is 25.1 Å². The number of aromatic nitrogens is 2. The molecule has 2 heterocycles. The van der Waals surface area contributed by atoms with Crippen molar-refractivity contribution in [3.8, 4) is 17.2 Å². The van der Waals surface area contributed by atoms with Crippen LogP contribution in [0.4, 0.5) is 0 Å². The highest BCUT2D eigenvalue weighted by molar-refractivity contribution is 5.46. The number of hydrogen-bond acceptors (Lipinski definition) is 4. The molecule has 0 bridgehead atoms. The van der Waals surface area contributed by atoms with Gasteiger partial charge in [-0.2, -0.15) is 5.10 Å². The fourth-order valence-electron chi connectivity index (χ4n) is 2.40. The van der Waals surface area contributed by atoms with Crippen LogP contribution in [0.15, 0.2) is 36.7 Å². The van der Waals surface area contributed by atoms with Crippen molar-refractivity contribution in [3.05, 3.63) is 36.7 Å². The highest BCUT2D eigenvalue weighted by atomic mass is 16.5. The quantitative estimate of drug-likeness (QED) is 0.903. The number of benzene rings is 1. The van der Waals surface area contributed by atoms with Crippen molar-refractivity contribution in [2.45, 2.75) is 6.42 Å². The molecular weight excluding hydrogens is 254 g/mol. The van der Waals surface area contributed by atoms with E-state index in [4.69, 9.17) is 9.47 Å². The average molecular weight is 273 g/mol. The Labute approximate surface area is 118 Å². The topological polar surface area (TPSA) is 48.3 Å². The van der Waals surface area contributed by atoms with Crippen LogP contribution in [0.3, 0.4) is 0 Å². The summed E-state index contributed by atoms with van der Waals surface area (Å²) in [7, 11) is 1.66. The minimum Gasteiger partial charge on any atom is -0.494 e. The summed E-state index contributed by atoms with van der Waals surface area (Å²) >= 11 is 0. The van der Waals surface area contributed by atoms with E-state index in [2.05, 4.69) is 10.4 Å². The molecule has 1 aliphatic rings. The normalized spacial score (nSPS) is 18.1. The molecule has 1 fully saturated rings. The third-order valence-electron chi connectivity index (χ3n) is 3.54. The van der Waals surface area contributed by atoms with Crippen molar-refractivity contribution < 1.29 is 9.47 Å². The van der Waals surface area contributed by atoms with Crippen molar-refractivity contribution in [1.29, 1.82) is 0 Å². The molecule has 1 unspecified atom stereocenters. The van der Waals surface area contributed by atoms with Gasteiger partial charge in [-0.15, -0.1) is 0 Å². The Kier molecular flexibility index (Phi) is 3.87. The smallest absolute Gasteiger partial charge is 0.157 e. The molecule has 0 amide bonds.